The molecule has 1 aliphatic heterocycles. The van der Waals surface area contributed by atoms with Crippen LogP contribution >= 0.6 is 11.8 Å². The van der Waals surface area contributed by atoms with Crippen LogP contribution in [0.2, 0.25) is 0 Å². The minimum absolute atomic E-state index is 0.119. The minimum atomic E-state index is -0.721. The summed E-state index contributed by atoms with van der Waals surface area (Å²) < 4.78 is 16.1. The highest BCUT2D eigenvalue weighted by Crippen LogP contribution is 2.32. The van der Waals surface area contributed by atoms with Crippen LogP contribution in [0, 0.1) is 0 Å². The van der Waals surface area contributed by atoms with E-state index in [1.54, 1.807) is 28.8 Å². The average molecular weight is 381 g/mol. The fraction of sp³-hybridized carbons (Fsp3) is 0.579. The lowest BCUT2D eigenvalue weighted by atomic mass is 10.2. The van der Waals surface area contributed by atoms with E-state index in [0.717, 1.165) is 4.90 Å². The van der Waals surface area contributed by atoms with E-state index in [1.165, 1.54) is 7.11 Å². The van der Waals surface area contributed by atoms with Crippen LogP contribution in [-0.4, -0.2) is 53.8 Å². The Kier molecular flexibility index (Phi) is 6.24. The van der Waals surface area contributed by atoms with Gasteiger partial charge in [-0.05, 0) is 52.8 Å². The van der Waals surface area contributed by atoms with Gasteiger partial charge in [0.2, 0.25) is 0 Å². The van der Waals surface area contributed by atoms with E-state index in [9.17, 15) is 9.59 Å². The minimum Gasteiger partial charge on any atom is -0.465 e. The van der Waals surface area contributed by atoms with Crippen LogP contribution in [0.1, 0.15) is 45.0 Å². The molecule has 1 saturated heterocycles. The third-order valence-electron chi connectivity index (χ3n) is 3.86. The third-order valence-corrected chi connectivity index (χ3v) is 5.00. The molecule has 26 heavy (non-hydrogen) atoms. The van der Waals surface area contributed by atoms with Gasteiger partial charge in [-0.15, -0.1) is 11.8 Å². The van der Waals surface area contributed by atoms with Crippen molar-refractivity contribution >= 4 is 23.8 Å². The Morgan fingerprint density at radius 1 is 1.35 bits per heavy atom. The zero-order valence-corrected chi connectivity index (χ0v) is 17.0. The fourth-order valence-electron chi connectivity index (χ4n) is 2.71. The second-order valence-electron chi connectivity index (χ2n) is 7.59. The first-order valence-corrected chi connectivity index (χ1v) is 9.49. The quantitative estimate of drug-likeness (QED) is 0.581. The second kappa shape index (κ2) is 7.88. The summed E-state index contributed by atoms with van der Waals surface area (Å²) in [5.41, 5.74) is -0.784. The number of thioether (sulfide) groups is 1. The van der Waals surface area contributed by atoms with Gasteiger partial charge in [-0.2, -0.15) is 0 Å². The van der Waals surface area contributed by atoms with Crippen molar-refractivity contribution in [3.8, 4) is 0 Å². The molecule has 1 aromatic carbocycles. The second-order valence-corrected chi connectivity index (χ2v) is 8.69. The largest absolute Gasteiger partial charge is 0.465 e. The molecular weight excluding hydrogens is 354 g/mol. The van der Waals surface area contributed by atoms with Gasteiger partial charge >= 0.3 is 12.1 Å². The predicted octanol–water partition coefficient (Wildman–Crippen LogP) is 3.94. The summed E-state index contributed by atoms with van der Waals surface area (Å²) in [7, 11) is 1.36. The van der Waals surface area contributed by atoms with Crippen LogP contribution in [0.4, 0.5) is 4.79 Å². The molecule has 1 fully saturated rings. The van der Waals surface area contributed by atoms with Gasteiger partial charge in [-0.1, -0.05) is 6.07 Å². The molecule has 0 spiro atoms. The van der Waals surface area contributed by atoms with Crippen molar-refractivity contribution in [1.82, 2.24) is 4.90 Å². The lowest BCUT2D eigenvalue weighted by molar-refractivity contribution is -0.0617. The Morgan fingerprint density at radius 3 is 2.65 bits per heavy atom. The summed E-state index contributed by atoms with van der Waals surface area (Å²) in [6.07, 6.45) is -0.381. The first kappa shape index (κ1) is 20.6. The molecule has 2 rings (SSSR count). The number of hydrogen-bond donors (Lipinski definition) is 0. The number of rotatable bonds is 4. The summed E-state index contributed by atoms with van der Waals surface area (Å²) in [6, 6.07) is 7.12. The number of ether oxygens (including phenoxy) is 3. The van der Waals surface area contributed by atoms with Crippen molar-refractivity contribution < 1.29 is 23.8 Å². The molecule has 1 heterocycles. The van der Waals surface area contributed by atoms with Crippen molar-refractivity contribution in [3.63, 3.8) is 0 Å². The topological polar surface area (TPSA) is 65.1 Å². The van der Waals surface area contributed by atoms with Crippen LogP contribution in [0.15, 0.2) is 29.2 Å². The summed E-state index contributed by atoms with van der Waals surface area (Å²) in [4.78, 5) is 26.9. The molecule has 1 aromatic rings. The standard InChI is InChI=1S/C19H27NO5S/c1-18(2,3)25-17(22)20-14(11-24-19(20,4)5)12-26-15-9-7-8-13(10-15)16(21)23-6/h7-10,14H,11-12H2,1-6H3/t14-/m0/s1. The number of carbonyl (C=O) groups is 2. The van der Waals surface area contributed by atoms with Crippen LogP contribution in [0.3, 0.4) is 0 Å². The number of esters is 1. The number of amides is 1. The van der Waals surface area contributed by atoms with E-state index >= 15 is 0 Å². The van der Waals surface area contributed by atoms with Gasteiger partial charge in [0, 0.05) is 10.6 Å². The Balaban J connectivity index is 2.08. The number of methoxy groups -OCH3 is 1. The maximum Gasteiger partial charge on any atom is 0.412 e. The van der Waals surface area contributed by atoms with Crippen LogP contribution < -0.4 is 0 Å². The van der Waals surface area contributed by atoms with E-state index in [1.807, 2.05) is 46.8 Å². The number of benzene rings is 1. The van der Waals surface area contributed by atoms with E-state index in [4.69, 9.17) is 14.2 Å². The van der Waals surface area contributed by atoms with Gasteiger partial charge in [0.1, 0.15) is 11.3 Å². The van der Waals surface area contributed by atoms with Gasteiger partial charge in [0.15, 0.2) is 0 Å². The first-order valence-electron chi connectivity index (χ1n) is 8.51. The lowest BCUT2D eigenvalue weighted by Gasteiger charge is -2.35. The van der Waals surface area contributed by atoms with Crippen LogP contribution in [0.5, 0.6) is 0 Å². The van der Waals surface area contributed by atoms with E-state index in [0.29, 0.717) is 17.9 Å². The smallest absolute Gasteiger partial charge is 0.412 e. The van der Waals surface area contributed by atoms with E-state index in [2.05, 4.69) is 0 Å². The molecule has 0 radical (unpaired) electrons. The normalized spacial score (nSPS) is 19.3. The average Bonchev–Trinajstić information content (AvgIpc) is 2.85. The van der Waals surface area contributed by atoms with Crippen molar-refractivity contribution in [2.75, 3.05) is 19.5 Å². The fourth-order valence-corrected chi connectivity index (χ4v) is 3.72. The highest BCUT2D eigenvalue weighted by molar-refractivity contribution is 7.99. The number of nitrogens with zero attached hydrogens (tertiary/aromatic N) is 1. The Bertz CT molecular complexity index is 668. The van der Waals surface area contributed by atoms with E-state index < -0.39 is 11.3 Å². The Hall–Kier alpha value is -1.73. The van der Waals surface area contributed by atoms with Crippen molar-refractivity contribution in [2.24, 2.45) is 0 Å². The zero-order chi connectivity index (χ0) is 19.5. The Labute approximate surface area is 159 Å². The summed E-state index contributed by atoms with van der Waals surface area (Å²) in [6.45, 7) is 9.69. The first-order chi connectivity index (χ1) is 12.0. The SMILES string of the molecule is COC(=O)c1cccc(SC[C@@H]2COC(C)(C)N2C(=O)OC(C)(C)C)c1. The molecule has 1 amide bonds. The van der Waals surface area contributed by atoms with Crippen molar-refractivity contribution in [2.45, 2.75) is 56.9 Å². The van der Waals surface area contributed by atoms with E-state index in [-0.39, 0.29) is 18.1 Å². The predicted molar refractivity (Wildman–Crippen MR) is 100 cm³/mol. The Morgan fingerprint density at radius 2 is 2.04 bits per heavy atom. The van der Waals surface area contributed by atoms with Gasteiger partial charge < -0.3 is 14.2 Å². The summed E-state index contributed by atoms with van der Waals surface area (Å²) >= 11 is 1.56. The molecule has 144 valence electrons. The highest BCUT2D eigenvalue weighted by atomic mass is 32.2. The zero-order valence-electron chi connectivity index (χ0n) is 16.2. The molecule has 0 aliphatic carbocycles. The maximum absolute atomic E-state index is 12.6. The molecule has 0 aromatic heterocycles. The van der Waals surface area contributed by atoms with Gasteiger partial charge in [0.05, 0.1) is 25.3 Å². The molecule has 7 heteroatoms. The molecule has 1 aliphatic rings. The molecule has 0 bridgehead atoms. The highest BCUT2D eigenvalue weighted by Gasteiger charge is 2.45. The molecular formula is C19H27NO5S. The van der Waals surface area contributed by atoms with Gasteiger partial charge in [0.25, 0.3) is 0 Å². The summed E-state index contributed by atoms with van der Waals surface area (Å²) in [5.74, 6) is 0.265. The van der Waals surface area contributed by atoms with Gasteiger partial charge in [-0.3, -0.25) is 4.90 Å². The monoisotopic (exact) mass is 381 g/mol. The molecule has 0 saturated carbocycles. The van der Waals surface area contributed by atoms with Crippen LogP contribution in [-0.2, 0) is 14.2 Å². The lowest BCUT2D eigenvalue weighted by Crippen LogP contribution is -2.50. The van der Waals surface area contributed by atoms with Crippen molar-refractivity contribution in [3.05, 3.63) is 29.8 Å². The van der Waals surface area contributed by atoms with Crippen LogP contribution in [0.25, 0.3) is 0 Å². The number of hydrogen-bond acceptors (Lipinski definition) is 6. The molecule has 1 atom stereocenters. The van der Waals surface area contributed by atoms with Crippen molar-refractivity contribution in [1.29, 1.82) is 0 Å². The third kappa shape index (κ3) is 5.14. The molecule has 6 nitrogen and oxygen atoms in total. The molecule has 0 unspecified atom stereocenters. The molecule has 0 N–H and O–H groups in total. The van der Waals surface area contributed by atoms with Gasteiger partial charge in [-0.25, -0.2) is 9.59 Å². The number of carbonyl (C=O) groups excluding carboxylic acids is 2. The summed E-state index contributed by atoms with van der Waals surface area (Å²) in [5, 5.41) is 0. The maximum atomic E-state index is 12.6.